The molecule has 1 aromatic carbocycles. The number of nitrogens with zero attached hydrogens (tertiary/aromatic N) is 3. The molecule has 1 aromatic heterocycles. The predicted molar refractivity (Wildman–Crippen MR) is 79.9 cm³/mol. The third kappa shape index (κ3) is 3.91. The summed E-state index contributed by atoms with van der Waals surface area (Å²) in [6.45, 7) is 2.72. The second-order valence-electron chi connectivity index (χ2n) is 4.12. The Hall–Kier alpha value is -2.15. The van der Waals surface area contributed by atoms with Crippen molar-refractivity contribution in [3.63, 3.8) is 0 Å². The van der Waals surface area contributed by atoms with E-state index in [1.165, 1.54) is 19.2 Å². The fourth-order valence-electron chi connectivity index (χ4n) is 1.55. The number of para-hydroxylation sites is 1. The second-order valence-corrected chi connectivity index (χ2v) is 4.52. The van der Waals surface area contributed by atoms with E-state index in [4.69, 9.17) is 16.3 Å². The zero-order valence-electron chi connectivity index (χ0n) is 11.7. The molecule has 0 atom stereocenters. The SMILES string of the molecule is CCCNc1nc(Nc2c(F)cccc2Cl)nc(OC)n1. The van der Waals surface area contributed by atoms with Crippen LogP contribution in [0.25, 0.3) is 0 Å². The highest BCUT2D eigenvalue weighted by Gasteiger charge is 2.11. The van der Waals surface area contributed by atoms with Crippen molar-refractivity contribution < 1.29 is 9.13 Å². The molecule has 6 nitrogen and oxygen atoms in total. The molecule has 0 aliphatic rings. The van der Waals surface area contributed by atoms with Gasteiger partial charge in [-0.25, -0.2) is 4.39 Å². The van der Waals surface area contributed by atoms with Crippen molar-refractivity contribution >= 4 is 29.2 Å². The van der Waals surface area contributed by atoms with Gasteiger partial charge in [-0.1, -0.05) is 24.6 Å². The highest BCUT2D eigenvalue weighted by atomic mass is 35.5. The summed E-state index contributed by atoms with van der Waals surface area (Å²) < 4.78 is 18.8. The molecule has 0 saturated carbocycles. The van der Waals surface area contributed by atoms with Gasteiger partial charge in [0.25, 0.3) is 0 Å². The van der Waals surface area contributed by atoms with Gasteiger partial charge in [0, 0.05) is 6.54 Å². The van der Waals surface area contributed by atoms with Crippen LogP contribution in [0.4, 0.5) is 22.0 Å². The Bertz CT molecular complexity index is 605. The number of nitrogens with one attached hydrogen (secondary N) is 2. The van der Waals surface area contributed by atoms with Crippen LogP contribution in [0.2, 0.25) is 5.02 Å². The number of halogens is 2. The van der Waals surface area contributed by atoms with Gasteiger partial charge in [0.05, 0.1) is 17.8 Å². The molecular weight excluding hydrogens is 297 g/mol. The lowest BCUT2D eigenvalue weighted by molar-refractivity contribution is 0.379. The van der Waals surface area contributed by atoms with Gasteiger partial charge in [-0.05, 0) is 18.6 Å². The average molecular weight is 312 g/mol. The van der Waals surface area contributed by atoms with Crippen molar-refractivity contribution in [3.8, 4) is 6.01 Å². The number of methoxy groups -OCH3 is 1. The highest BCUT2D eigenvalue weighted by molar-refractivity contribution is 6.33. The molecule has 8 heteroatoms. The Balaban J connectivity index is 2.30. The number of aromatic nitrogens is 3. The molecule has 2 aromatic rings. The molecule has 0 unspecified atom stereocenters. The van der Waals surface area contributed by atoms with Crippen molar-refractivity contribution in [3.05, 3.63) is 29.0 Å². The van der Waals surface area contributed by atoms with Gasteiger partial charge in [0.1, 0.15) is 5.82 Å². The lowest BCUT2D eigenvalue weighted by Gasteiger charge is -2.10. The van der Waals surface area contributed by atoms with Gasteiger partial charge in [-0.3, -0.25) is 0 Å². The minimum Gasteiger partial charge on any atom is -0.467 e. The summed E-state index contributed by atoms with van der Waals surface area (Å²) in [4.78, 5) is 12.2. The van der Waals surface area contributed by atoms with Crippen LogP contribution in [0.3, 0.4) is 0 Å². The van der Waals surface area contributed by atoms with Crippen molar-refractivity contribution in [2.75, 3.05) is 24.3 Å². The van der Waals surface area contributed by atoms with Gasteiger partial charge < -0.3 is 15.4 Å². The van der Waals surface area contributed by atoms with Gasteiger partial charge >= 0.3 is 6.01 Å². The van der Waals surface area contributed by atoms with E-state index in [-0.39, 0.29) is 22.7 Å². The lowest BCUT2D eigenvalue weighted by atomic mass is 10.3. The van der Waals surface area contributed by atoms with Gasteiger partial charge in [-0.2, -0.15) is 15.0 Å². The molecule has 2 rings (SSSR count). The first-order valence-electron chi connectivity index (χ1n) is 6.39. The molecular formula is C13H15ClFN5O. The molecule has 0 radical (unpaired) electrons. The molecule has 0 aliphatic heterocycles. The first kappa shape index (κ1) is 15.2. The van der Waals surface area contributed by atoms with E-state index in [2.05, 4.69) is 25.6 Å². The smallest absolute Gasteiger partial charge is 0.322 e. The highest BCUT2D eigenvalue weighted by Crippen LogP contribution is 2.27. The number of hydrogen-bond acceptors (Lipinski definition) is 6. The summed E-state index contributed by atoms with van der Waals surface area (Å²) in [6, 6.07) is 4.51. The van der Waals surface area contributed by atoms with Crippen LogP contribution in [0, 0.1) is 5.82 Å². The van der Waals surface area contributed by atoms with E-state index in [0.29, 0.717) is 12.5 Å². The van der Waals surface area contributed by atoms with Crippen LogP contribution in [0.15, 0.2) is 18.2 Å². The summed E-state index contributed by atoms with van der Waals surface area (Å²) in [7, 11) is 1.44. The molecule has 0 fully saturated rings. The lowest BCUT2D eigenvalue weighted by Crippen LogP contribution is -2.09. The van der Waals surface area contributed by atoms with Crippen LogP contribution in [-0.2, 0) is 0 Å². The molecule has 1 heterocycles. The fraction of sp³-hybridized carbons (Fsp3) is 0.308. The van der Waals surface area contributed by atoms with E-state index in [9.17, 15) is 4.39 Å². The first-order valence-corrected chi connectivity index (χ1v) is 6.76. The number of hydrogen-bond donors (Lipinski definition) is 2. The first-order chi connectivity index (χ1) is 10.1. The molecule has 0 aliphatic carbocycles. The maximum Gasteiger partial charge on any atom is 0.322 e. The molecule has 0 amide bonds. The standard InChI is InChI=1S/C13H15ClFN5O/c1-3-7-16-11-18-12(20-13(19-11)21-2)17-10-8(14)5-4-6-9(10)15/h4-6H,3,7H2,1-2H3,(H2,16,17,18,19,20). The molecule has 0 saturated heterocycles. The second kappa shape index (κ2) is 7.03. The maximum absolute atomic E-state index is 13.8. The Morgan fingerprint density at radius 3 is 2.67 bits per heavy atom. The molecule has 112 valence electrons. The summed E-state index contributed by atoms with van der Waals surface area (Å²) >= 11 is 5.96. The van der Waals surface area contributed by atoms with Crippen molar-refractivity contribution in [2.45, 2.75) is 13.3 Å². The van der Waals surface area contributed by atoms with E-state index >= 15 is 0 Å². The van der Waals surface area contributed by atoms with Crippen LogP contribution < -0.4 is 15.4 Å². The van der Waals surface area contributed by atoms with E-state index in [1.807, 2.05) is 6.92 Å². The Labute approximate surface area is 126 Å². The van der Waals surface area contributed by atoms with Gasteiger partial charge in [-0.15, -0.1) is 0 Å². The Morgan fingerprint density at radius 2 is 2.00 bits per heavy atom. The summed E-state index contributed by atoms with van der Waals surface area (Å²) in [5.41, 5.74) is 0.105. The van der Waals surface area contributed by atoms with Crippen LogP contribution in [0.5, 0.6) is 6.01 Å². The molecule has 21 heavy (non-hydrogen) atoms. The zero-order valence-corrected chi connectivity index (χ0v) is 12.4. The van der Waals surface area contributed by atoms with Crippen molar-refractivity contribution in [1.82, 2.24) is 15.0 Å². The number of anilines is 3. The number of benzene rings is 1. The summed E-state index contributed by atoms with van der Waals surface area (Å²) in [6.07, 6.45) is 0.913. The van der Waals surface area contributed by atoms with E-state index < -0.39 is 5.82 Å². The topological polar surface area (TPSA) is 72.0 Å². The normalized spacial score (nSPS) is 10.3. The average Bonchev–Trinajstić information content (AvgIpc) is 2.49. The predicted octanol–water partition coefficient (Wildman–Crippen LogP) is 3.24. The Morgan fingerprint density at radius 1 is 1.24 bits per heavy atom. The van der Waals surface area contributed by atoms with Crippen LogP contribution in [0.1, 0.15) is 13.3 Å². The van der Waals surface area contributed by atoms with Crippen LogP contribution >= 0.6 is 11.6 Å². The monoisotopic (exact) mass is 311 g/mol. The molecule has 0 bridgehead atoms. The quantitative estimate of drug-likeness (QED) is 0.853. The summed E-state index contributed by atoms with van der Waals surface area (Å²) in [5, 5.41) is 5.99. The largest absolute Gasteiger partial charge is 0.467 e. The van der Waals surface area contributed by atoms with E-state index in [0.717, 1.165) is 6.42 Å². The Kier molecular flexibility index (Phi) is 5.10. The summed E-state index contributed by atoms with van der Waals surface area (Å²) in [5.74, 6) is -0.00365. The number of rotatable bonds is 6. The molecule has 0 spiro atoms. The van der Waals surface area contributed by atoms with Crippen LogP contribution in [-0.4, -0.2) is 28.6 Å². The van der Waals surface area contributed by atoms with Gasteiger partial charge in [0.15, 0.2) is 0 Å². The minimum absolute atomic E-state index is 0.105. The zero-order chi connectivity index (χ0) is 15.2. The third-order valence-electron chi connectivity index (χ3n) is 2.53. The van der Waals surface area contributed by atoms with Crippen molar-refractivity contribution in [1.29, 1.82) is 0 Å². The third-order valence-corrected chi connectivity index (χ3v) is 2.85. The van der Waals surface area contributed by atoms with E-state index in [1.54, 1.807) is 6.07 Å². The molecule has 2 N–H and O–H groups in total. The fourth-order valence-corrected chi connectivity index (χ4v) is 1.76. The maximum atomic E-state index is 13.8. The van der Waals surface area contributed by atoms with Gasteiger partial charge in [0.2, 0.25) is 11.9 Å². The number of ether oxygens (including phenoxy) is 1. The van der Waals surface area contributed by atoms with Crippen molar-refractivity contribution in [2.24, 2.45) is 0 Å². The minimum atomic E-state index is -0.495.